The van der Waals surface area contributed by atoms with Crippen molar-refractivity contribution in [2.24, 2.45) is 0 Å². The first-order valence-corrected chi connectivity index (χ1v) is 7.31. The molecular weight excluding hydrogens is 276 g/mol. The lowest BCUT2D eigenvalue weighted by Gasteiger charge is -2.29. The van der Waals surface area contributed by atoms with Crippen LogP contribution in [0.25, 0.3) is 0 Å². The van der Waals surface area contributed by atoms with Gasteiger partial charge in [-0.2, -0.15) is 0 Å². The molecule has 1 heterocycles. The molecule has 120 valence electrons. The lowest BCUT2D eigenvalue weighted by Crippen LogP contribution is -2.57. The molecule has 7 heteroatoms. The van der Waals surface area contributed by atoms with Gasteiger partial charge in [0.05, 0.1) is 12.6 Å². The van der Waals surface area contributed by atoms with Gasteiger partial charge in [-0.15, -0.1) is 0 Å². The minimum atomic E-state index is -1.14. The van der Waals surface area contributed by atoms with E-state index < -0.39 is 23.5 Å². The number of carbonyl (C=O) groups is 3. The average molecular weight is 300 g/mol. The van der Waals surface area contributed by atoms with Crippen molar-refractivity contribution in [1.82, 2.24) is 10.6 Å². The number of rotatable bonds is 8. The molecule has 1 aliphatic heterocycles. The number of methoxy groups -OCH3 is 1. The van der Waals surface area contributed by atoms with E-state index in [0.29, 0.717) is 12.8 Å². The van der Waals surface area contributed by atoms with Crippen LogP contribution in [0.4, 0.5) is 0 Å². The van der Waals surface area contributed by atoms with Crippen molar-refractivity contribution in [3.05, 3.63) is 0 Å². The van der Waals surface area contributed by atoms with E-state index in [9.17, 15) is 19.5 Å². The first kappa shape index (κ1) is 17.4. The SMILES string of the molecule is CCCC1(C(=O)NC(CCC(=O)OC)C(=O)O)CCCN1. The summed E-state index contributed by atoms with van der Waals surface area (Å²) in [5.74, 6) is -1.92. The van der Waals surface area contributed by atoms with Crippen molar-refractivity contribution in [3.8, 4) is 0 Å². The third kappa shape index (κ3) is 4.70. The van der Waals surface area contributed by atoms with E-state index in [1.807, 2.05) is 6.92 Å². The summed E-state index contributed by atoms with van der Waals surface area (Å²) in [5.41, 5.74) is -0.673. The molecule has 0 saturated carbocycles. The van der Waals surface area contributed by atoms with E-state index in [1.54, 1.807) is 0 Å². The van der Waals surface area contributed by atoms with Crippen LogP contribution >= 0.6 is 0 Å². The number of hydrogen-bond donors (Lipinski definition) is 3. The van der Waals surface area contributed by atoms with Crippen molar-refractivity contribution in [2.75, 3.05) is 13.7 Å². The van der Waals surface area contributed by atoms with Gasteiger partial charge in [0.1, 0.15) is 6.04 Å². The Morgan fingerprint density at radius 3 is 2.62 bits per heavy atom. The van der Waals surface area contributed by atoms with E-state index in [1.165, 1.54) is 7.11 Å². The molecule has 1 saturated heterocycles. The molecule has 0 aromatic carbocycles. The highest BCUT2D eigenvalue weighted by Crippen LogP contribution is 2.25. The zero-order valence-corrected chi connectivity index (χ0v) is 12.6. The third-order valence-corrected chi connectivity index (χ3v) is 3.82. The van der Waals surface area contributed by atoms with Gasteiger partial charge >= 0.3 is 11.9 Å². The fraction of sp³-hybridized carbons (Fsp3) is 0.786. The quantitative estimate of drug-likeness (QED) is 0.562. The van der Waals surface area contributed by atoms with Crippen molar-refractivity contribution < 1.29 is 24.2 Å². The number of esters is 1. The van der Waals surface area contributed by atoms with Gasteiger partial charge in [-0.1, -0.05) is 13.3 Å². The van der Waals surface area contributed by atoms with Crippen LogP contribution in [0, 0.1) is 0 Å². The Labute approximate surface area is 124 Å². The number of amides is 1. The van der Waals surface area contributed by atoms with Gasteiger partial charge in [-0.3, -0.25) is 9.59 Å². The molecule has 1 rings (SSSR count). The molecular formula is C14H24N2O5. The summed E-state index contributed by atoms with van der Waals surface area (Å²) >= 11 is 0. The predicted molar refractivity (Wildman–Crippen MR) is 75.7 cm³/mol. The second-order valence-corrected chi connectivity index (χ2v) is 5.34. The third-order valence-electron chi connectivity index (χ3n) is 3.82. The van der Waals surface area contributed by atoms with Gasteiger partial charge in [0.25, 0.3) is 0 Å². The second-order valence-electron chi connectivity index (χ2n) is 5.34. The number of carbonyl (C=O) groups excluding carboxylic acids is 2. The predicted octanol–water partition coefficient (Wildman–Crippen LogP) is 0.431. The maximum absolute atomic E-state index is 12.4. The highest BCUT2D eigenvalue weighted by Gasteiger charge is 2.41. The van der Waals surface area contributed by atoms with Gasteiger partial charge < -0.3 is 20.5 Å². The smallest absolute Gasteiger partial charge is 0.326 e. The van der Waals surface area contributed by atoms with E-state index in [-0.39, 0.29) is 18.7 Å². The number of carboxylic acid groups (broad SMARTS) is 1. The van der Waals surface area contributed by atoms with E-state index in [0.717, 1.165) is 19.4 Å². The number of nitrogens with one attached hydrogen (secondary N) is 2. The van der Waals surface area contributed by atoms with Crippen molar-refractivity contribution >= 4 is 17.8 Å². The van der Waals surface area contributed by atoms with Gasteiger partial charge in [-0.05, 0) is 32.2 Å². The molecule has 0 aliphatic carbocycles. The molecule has 0 aromatic rings. The van der Waals surface area contributed by atoms with Gasteiger partial charge in [-0.25, -0.2) is 4.79 Å². The highest BCUT2D eigenvalue weighted by molar-refractivity contribution is 5.90. The fourth-order valence-corrected chi connectivity index (χ4v) is 2.67. The summed E-state index contributed by atoms with van der Waals surface area (Å²) in [6, 6.07) is -1.08. The summed E-state index contributed by atoms with van der Waals surface area (Å²) in [6.07, 6.45) is 3.09. The normalized spacial score (nSPS) is 22.6. The maximum atomic E-state index is 12.4. The Hall–Kier alpha value is -1.63. The fourth-order valence-electron chi connectivity index (χ4n) is 2.67. The van der Waals surface area contributed by atoms with Crippen LogP contribution in [0.2, 0.25) is 0 Å². The topological polar surface area (TPSA) is 105 Å². The van der Waals surface area contributed by atoms with E-state index >= 15 is 0 Å². The monoisotopic (exact) mass is 300 g/mol. The summed E-state index contributed by atoms with van der Waals surface area (Å²) < 4.78 is 4.49. The summed E-state index contributed by atoms with van der Waals surface area (Å²) in [5, 5.41) is 14.9. The Morgan fingerprint density at radius 1 is 1.43 bits per heavy atom. The first-order valence-electron chi connectivity index (χ1n) is 7.31. The molecule has 1 fully saturated rings. The Bertz CT molecular complexity index is 391. The number of hydrogen-bond acceptors (Lipinski definition) is 5. The van der Waals surface area contributed by atoms with Crippen molar-refractivity contribution in [2.45, 2.75) is 57.0 Å². The molecule has 0 radical (unpaired) electrons. The Balaban J connectivity index is 2.66. The minimum Gasteiger partial charge on any atom is -0.480 e. The van der Waals surface area contributed by atoms with E-state index in [4.69, 9.17) is 0 Å². The maximum Gasteiger partial charge on any atom is 0.326 e. The molecule has 1 aliphatic rings. The molecule has 0 bridgehead atoms. The number of carboxylic acids is 1. The summed E-state index contributed by atoms with van der Waals surface area (Å²) in [6.45, 7) is 2.74. The average Bonchev–Trinajstić information content (AvgIpc) is 2.92. The number of ether oxygens (including phenoxy) is 1. The van der Waals surface area contributed by atoms with Crippen LogP contribution in [0.3, 0.4) is 0 Å². The van der Waals surface area contributed by atoms with Crippen molar-refractivity contribution in [1.29, 1.82) is 0 Å². The lowest BCUT2D eigenvalue weighted by molar-refractivity contribution is -0.145. The molecule has 2 unspecified atom stereocenters. The molecule has 1 amide bonds. The highest BCUT2D eigenvalue weighted by atomic mass is 16.5. The van der Waals surface area contributed by atoms with Crippen LogP contribution in [-0.4, -0.2) is 48.2 Å². The molecule has 0 aromatic heterocycles. The van der Waals surface area contributed by atoms with Gasteiger partial charge in [0.15, 0.2) is 0 Å². The zero-order valence-electron chi connectivity index (χ0n) is 12.6. The van der Waals surface area contributed by atoms with Crippen LogP contribution in [0.15, 0.2) is 0 Å². The minimum absolute atomic E-state index is 0.0238. The molecule has 0 spiro atoms. The van der Waals surface area contributed by atoms with E-state index in [2.05, 4.69) is 15.4 Å². The van der Waals surface area contributed by atoms with Crippen LogP contribution in [-0.2, 0) is 19.1 Å². The second kappa shape index (κ2) is 7.97. The van der Waals surface area contributed by atoms with Gasteiger partial charge in [0.2, 0.25) is 5.91 Å². The Kier molecular flexibility index (Phi) is 6.61. The first-order chi connectivity index (χ1) is 9.95. The lowest BCUT2D eigenvalue weighted by atomic mass is 9.90. The zero-order chi connectivity index (χ0) is 15.9. The standard InChI is InChI=1S/C14H24N2O5/c1-3-7-14(8-4-9-15-14)13(20)16-10(12(18)19)5-6-11(17)21-2/h10,15H,3-9H2,1-2H3,(H,16,20)(H,18,19). The Morgan fingerprint density at radius 2 is 2.14 bits per heavy atom. The van der Waals surface area contributed by atoms with Crippen LogP contribution < -0.4 is 10.6 Å². The van der Waals surface area contributed by atoms with Gasteiger partial charge in [0, 0.05) is 6.42 Å². The largest absolute Gasteiger partial charge is 0.480 e. The molecule has 2 atom stereocenters. The molecule has 7 nitrogen and oxygen atoms in total. The molecule has 3 N–H and O–H groups in total. The van der Waals surface area contributed by atoms with Crippen LogP contribution in [0.1, 0.15) is 45.4 Å². The summed E-state index contributed by atoms with van der Waals surface area (Å²) in [4.78, 5) is 34.8. The summed E-state index contributed by atoms with van der Waals surface area (Å²) in [7, 11) is 1.25. The number of aliphatic carboxylic acids is 1. The van der Waals surface area contributed by atoms with Crippen LogP contribution in [0.5, 0.6) is 0 Å². The van der Waals surface area contributed by atoms with Crippen molar-refractivity contribution in [3.63, 3.8) is 0 Å². The molecule has 21 heavy (non-hydrogen) atoms.